The molecule has 3 fully saturated rings. The first-order chi connectivity index (χ1) is 13.9. The summed E-state index contributed by atoms with van der Waals surface area (Å²) < 4.78 is 0. The van der Waals surface area contributed by atoms with Crippen molar-refractivity contribution in [3.8, 4) is 0 Å². The van der Waals surface area contributed by atoms with Crippen molar-refractivity contribution >= 4 is 0 Å². The monoisotopic (exact) mass is 389 g/mol. The van der Waals surface area contributed by atoms with Crippen LogP contribution < -0.4 is 0 Å². The number of fused-ring (bicyclic) bond motifs is 23. The zero-order valence-electron chi connectivity index (χ0n) is 19.5. The molecule has 0 aromatic rings. The standard InChI is InChI=1S/C28H53/c1-2-4-6-8-10-12-14-16-18-20-22-28-25-23-27(24-26-28)21-19-17-15-13-11-9-7-5-3-1/h27H,1-26H2. The van der Waals surface area contributed by atoms with Crippen LogP contribution in [0.3, 0.4) is 0 Å². The van der Waals surface area contributed by atoms with Gasteiger partial charge in [0.25, 0.3) is 0 Å². The maximum Gasteiger partial charge on any atom is -0.0241 e. The molecule has 0 nitrogen and oxygen atoms in total. The van der Waals surface area contributed by atoms with E-state index in [2.05, 4.69) is 0 Å². The molecule has 0 N–H and O–H groups in total. The Hall–Kier alpha value is 0. The van der Waals surface area contributed by atoms with Crippen molar-refractivity contribution < 1.29 is 0 Å². The van der Waals surface area contributed by atoms with Crippen LogP contribution in [0, 0.1) is 11.8 Å². The molecule has 0 aliphatic heterocycles. The SMILES string of the molecule is C1CCCCCCCCCCCC2CC[C](CCCCCCCCCC1)CC2. The molecule has 0 aromatic heterocycles. The lowest BCUT2D eigenvalue weighted by Crippen LogP contribution is -2.13. The molecule has 0 spiro atoms. The van der Waals surface area contributed by atoms with Crippen molar-refractivity contribution in [2.24, 2.45) is 5.92 Å². The van der Waals surface area contributed by atoms with E-state index in [9.17, 15) is 0 Å². The van der Waals surface area contributed by atoms with Gasteiger partial charge in [0, 0.05) is 0 Å². The molecule has 0 atom stereocenters. The van der Waals surface area contributed by atoms with Crippen LogP contribution in [0.5, 0.6) is 0 Å². The summed E-state index contributed by atoms with van der Waals surface area (Å²) in [6, 6.07) is 0. The lowest BCUT2D eigenvalue weighted by molar-refractivity contribution is 0.333. The van der Waals surface area contributed by atoms with Gasteiger partial charge in [-0.2, -0.15) is 0 Å². The van der Waals surface area contributed by atoms with Crippen LogP contribution in [0.4, 0.5) is 0 Å². The third-order valence-electron chi connectivity index (χ3n) is 7.70. The fourth-order valence-electron chi connectivity index (χ4n) is 5.61. The molecule has 1 radical (unpaired) electrons. The van der Waals surface area contributed by atoms with E-state index in [-0.39, 0.29) is 0 Å². The average Bonchev–Trinajstić information content (AvgIpc) is 2.72. The van der Waals surface area contributed by atoms with E-state index in [0.717, 1.165) is 5.92 Å². The van der Waals surface area contributed by atoms with E-state index in [1.807, 2.05) is 5.92 Å². The van der Waals surface area contributed by atoms with E-state index < -0.39 is 0 Å². The second-order valence-corrected chi connectivity index (χ2v) is 10.3. The van der Waals surface area contributed by atoms with Gasteiger partial charge in [0.15, 0.2) is 0 Å². The first kappa shape index (κ1) is 24.3. The highest BCUT2D eigenvalue weighted by molar-refractivity contribution is 4.94. The zero-order valence-corrected chi connectivity index (χ0v) is 19.5. The summed E-state index contributed by atoms with van der Waals surface area (Å²) >= 11 is 0. The summed E-state index contributed by atoms with van der Waals surface area (Å²) in [7, 11) is 0. The normalized spacial score (nSPS) is 26.1. The third kappa shape index (κ3) is 13.3. The molecule has 0 heterocycles. The second kappa shape index (κ2) is 17.8. The molecule has 3 aliphatic carbocycles. The Labute approximate surface area is 179 Å². The van der Waals surface area contributed by atoms with Crippen LogP contribution >= 0.6 is 0 Å². The Morgan fingerprint density at radius 1 is 0.286 bits per heavy atom. The third-order valence-corrected chi connectivity index (χ3v) is 7.70. The van der Waals surface area contributed by atoms with E-state index in [1.54, 1.807) is 0 Å². The quantitative estimate of drug-likeness (QED) is 0.386. The zero-order chi connectivity index (χ0) is 19.5. The predicted octanol–water partition coefficient (Wildman–Crippen LogP) is 10.3. The summed E-state index contributed by atoms with van der Waals surface area (Å²) in [6.45, 7) is 0. The molecule has 3 saturated carbocycles. The molecule has 3 rings (SSSR count). The Balaban J connectivity index is 1.55. The van der Waals surface area contributed by atoms with Crippen LogP contribution in [0.1, 0.15) is 167 Å². The van der Waals surface area contributed by atoms with Crippen molar-refractivity contribution in [2.45, 2.75) is 167 Å². The van der Waals surface area contributed by atoms with E-state index in [1.165, 1.54) is 167 Å². The van der Waals surface area contributed by atoms with Gasteiger partial charge in [-0.15, -0.1) is 0 Å². The fourth-order valence-corrected chi connectivity index (χ4v) is 5.61. The molecular weight excluding hydrogens is 336 g/mol. The lowest BCUT2D eigenvalue weighted by atomic mass is 9.78. The van der Waals surface area contributed by atoms with Gasteiger partial charge in [0.05, 0.1) is 0 Å². The van der Waals surface area contributed by atoms with Crippen molar-refractivity contribution in [3.05, 3.63) is 5.92 Å². The minimum absolute atomic E-state index is 1.07. The molecule has 0 amide bonds. The van der Waals surface area contributed by atoms with Gasteiger partial charge in [0.2, 0.25) is 0 Å². The minimum Gasteiger partial charge on any atom is -0.0533 e. The van der Waals surface area contributed by atoms with Crippen LogP contribution in [0.25, 0.3) is 0 Å². The molecule has 2 bridgehead atoms. The summed E-state index contributed by atoms with van der Waals surface area (Å²) in [5, 5.41) is 0. The molecule has 28 heavy (non-hydrogen) atoms. The smallest absolute Gasteiger partial charge is 0.0241 e. The lowest BCUT2D eigenvalue weighted by Gasteiger charge is -2.28. The molecule has 3 aliphatic rings. The van der Waals surface area contributed by atoms with Gasteiger partial charge < -0.3 is 0 Å². The van der Waals surface area contributed by atoms with Crippen molar-refractivity contribution in [1.29, 1.82) is 0 Å². The average molecular weight is 390 g/mol. The van der Waals surface area contributed by atoms with Gasteiger partial charge >= 0.3 is 0 Å². The number of hydrogen-bond acceptors (Lipinski definition) is 0. The first-order valence-electron chi connectivity index (χ1n) is 13.8. The largest absolute Gasteiger partial charge is 0.0533 e. The van der Waals surface area contributed by atoms with Gasteiger partial charge in [-0.1, -0.05) is 135 Å². The molecule has 0 aromatic carbocycles. The fraction of sp³-hybridized carbons (Fsp3) is 0.964. The van der Waals surface area contributed by atoms with Gasteiger partial charge in [0.1, 0.15) is 0 Å². The number of hydrogen-bond donors (Lipinski definition) is 0. The van der Waals surface area contributed by atoms with Gasteiger partial charge in [-0.3, -0.25) is 0 Å². The molecular formula is C28H53. The van der Waals surface area contributed by atoms with E-state index >= 15 is 0 Å². The van der Waals surface area contributed by atoms with Crippen molar-refractivity contribution in [3.63, 3.8) is 0 Å². The Morgan fingerprint density at radius 2 is 0.607 bits per heavy atom. The van der Waals surface area contributed by atoms with Gasteiger partial charge in [-0.05, 0) is 43.9 Å². The highest BCUT2D eigenvalue weighted by atomic mass is 14.3. The minimum atomic E-state index is 1.07. The second-order valence-electron chi connectivity index (χ2n) is 10.3. The maximum atomic E-state index is 1.93. The highest BCUT2D eigenvalue weighted by Gasteiger charge is 2.20. The Kier molecular flexibility index (Phi) is 15.5. The highest BCUT2D eigenvalue weighted by Crippen LogP contribution is 2.36. The first-order valence-corrected chi connectivity index (χ1v) is 13.8. The predicted molar refractivity (Wildman–Crippen MR) is 127 cm³/mol. The maximum absolute atomic E-state index is 1.93. The van der Waals surface area contributed by atoms with Crippen LogP contribution in [-0.2, 0) is 0 Å². The molecule has 0 heteroatoms. The van der Waals surface area contributed by atoms with Crippen molar-refractivity contribution in [1.82, 2.24) is 0 Å². The molecule has 0 unspecified atom stereocenters. The molecule has 165 valence electrons. The van der Waals surface area contributed by atoms with Crippen molar-refractivity contribution in [2.75, 3.05) is 0 Å². The summed E-state index contributed by atoms with van der Waals surface area (Å²) in [5.41, 5.74) is 0. The number of rotatable bonds is 0. The van der Waals surface area contributed by atoms with E-state index in [0.29, 0.717) is 0 Å². The Bertz CT molecular complexity index is 274. The van der Waals surface area contributed by atoms with Crippen LogP contribution in [-0.4, -0.2) is 0 Å². The molecule has 0 saturated heterocycles. The van der Waals surface area contributed by atoms with Crippen LogP contribution in [0.2, 0.25) is 0 Å². The van der Waals surface area contributed by atoms with Gasteiger partial charge in [-0.25, -0.2) is 0 Å². The van der Waals surface area contributed by atoms with Crippen LogP contribution in [0.15, 0.2) is 0 Å². The summed E-state index contributed by atoms with van der Waals surface area (Å²) in [5.74, 6) is 3.00. The topological polar surface area (TPSA) is 0 Å². The summed E-state index contributed by atoms with van der Waals surface area (Å²) in [6.07, 6.45) is 39.0. The van der Waals surface area contributed by atoms with E-state index in [4.69, 9.17) is 0 Å². The Morgan fingerprint density at radius 3 is 1.00 bits per heavy atom. The summed E-state index contributed by atoms with van der Waals surface area (Å²) in [4.78, 5) is 0.